The number of hydrogen-bond donors (Lipinski definition) is 2. The molecule has 2 N–H and O–H groups in total. The summed E-state index contributed by atoms with van der Waals surface area (Å²) < 4.78 is 70.0. The molecule has 1 aliphatic carbocycles. The molecule has 4 rings (SSSR count). The molecular weight excluding hydrogens is 421 g/mol. The molecule has 0 unspecified atom stereocenters. The van der Waals surface area contributed by atoms with Gasteiger partial charge in [-0.2, -0.15) is 0 Å². The predicted molar refractivity (Wildman–Crippen MR) is 104 cm³/mol. The first-order valence-electron chi connectivity index (χ1n) is 9.42. The van der Waals surface area contributed by atoms with Crippen molar-refractivity contribution in [2.24, 2.45) is 0 Å². The molecule has 1 aliphatic heterocycles. The summed E-state index contributed by atoms with van der Waals surface area (Å²) >= 11 is 0. The Bertz CT molecular complexity index is 1130. The molecule has 1 heterocycles. The third kappa shape index (κ3) is 3.38. The van der Waals surface area contributed by atoms with Crippen LogP contribution in [0, 0.1) is 0 Å². The number of anilines is 2. The summed E-state index contributed by atoms with van der Waals surface area (Å²) in [6.45, 7) is 1.87. The molecule has 6 nitrogen and oxygen atoms in total. The topological polar surface area (TPSA) is 84.5 Å². The third-order valence-corrected chi connectivity index (χ3v) is 7.03. The second-order valence-corrected chi connectivity index (χ2v) is 9.05. The fourth-order valence-electron chi connectivity index (χ4n) is 4.04. The Kier molecular flexibility index (Phi) is 4.72. The summed E-state index contributed by atoms with van der Waals surface area (Å²) in [5.41, 5.74) is 1.72. The molecule has 0 aromatic heterocycles. The van der Waals surface area contributed by atoms with E-state index in [2.05, 4.69) is 14.8 Å². The van der Waals surface area contributed by atoms with Crippen molar-refractivity contribution in [3.63, 3.8) is 0 Å². The zero-order valence-electron chi connectivity index (χ0n) is 16.0. The van der Waals surface area contributed by atoms with Gasteiger partial charge in [0.1, 0.15) is 10.6 Å². The fourth-order valence-corrected chi connectivity index (χ4v) is 5.21. The molecule has 1 saturated carbocycles. The van der Waals surface area contributed by atoms with Gasteiger partial charge in [0.2, 0.25) is 5.91 Å². The average molecular weight is 440 g/mol. The first-order chi connectivity index (χ1) is 14.1. The Hall–Kier alpha value is -2.75. The Balaban J connectivity index is 1.73. The van der Waals surface area contributed by atoms with Gasteiger partial charge < -0.3 is 10.1 Å². The van der Waals surface area contributed by atoms with Gasteiger partial charge in [-0.3, -0.25) is 9.52 Å². The number of aryl methyl sites for hydroxylation is 1. The number of para-hydroxylation sites is 1. The third-order valence-electron chi connectivity index (χ3n) is 5.61. The maximum absolute atomic E-state index is 12.9. The van der Waals surface area contributed by atoms with Crippen molar-refractivity contribution in [3.05, 3.63) is 47.5 Å². The van der Waals surface area contributed by atoms with Crippen molar-refractivity contribution in [3.8, 4) is 5.75 Å². The van der Waals surface area contributed by atoms with Crippen LogP contribution in [0.5, 0.6) is 5.75 Å². The van der Waals surface area contributed by atoms with Crippen LogP contribution in [0.1, 0.15) is 37.3 Å². The average Bonchev–Trinajstić information content (AvgIpc) is 2.91. The molecule has 30 heavy (non-hydrogen) atoms. The molecule has 0 radical (unpaired) electrons. The van der Waals surface area contributed by atoms with Gasteiger partial charge in [-0.25, -0.2) is 8.42 Å². The standard InChI is InChI=1S/C20H19F3N2O4S/c1-2-12-10-13(11-14-17(12)24-18(26)19(14)8-5-9-19)25-30(27,28)16-7-4-3-6-15(16)29-20(21,22)23/h3-4,6-7,10-11,25H,2,5,8-9H2,1H3,(H,24,26). The number of carbonyl (C=O) groups is 1. The molecule has 1 spiro atoms. The van der Waals surface area contributed by atoms with E-state index in [0.717, 1.165) is 29.7 Å². The summed E-state index contributed by atoms with van der Waals surface area (Å²) in [5.74, 6) is -0.913. The van der Waals surface area contributed by atoms with Crippen LogP contribution in [-0.2, 0) is 26.7 Å². The first kappa shape index (κ1) is 20.5. The number of hydrogen-bond acceptors (Lipinski definition) is 4. The van der Waals surface area contributed by atoms with Crippen molar-refractivity contribution in [2.45, 2.75) is 49.3 Å². The first-order valence-corrected chi connectivity index (χ1v) is 10.9. The van der Waals surface area contributed by atoms with Gasteiger partial charge in [-0.15, -0.1) is 13.2 Å². The van der Waals surface area contributed by atoms with Gasteiger partial charge in [0.15, 0.2) is 0 Å². The molecule has 0 bridgehead atoms. The molecule has 2 aromatic carbocycles. The van der Waals surface area contributed by atoms with Gasteiger partial charge >= 0.3 is 6.36 Å². The second-order valence-electron chi connectivity index (χ2n) is 7.40. The maximum Gasteiger partial charge on any atom is 0.573 e. The fraction of sp³-hybridized carbons (Fsp3) is 0.350. The lowest BCUT2D eigenvalue weighted by molar-refractivity contribution is -0.275. The number of fused-ring (bicyclic) bond motifs is 2. The van der Waals surface area contributed by atoms with Crippen LogP contribution in [0.25, 0.3) is 0 Å². The number of amides is 1. The summed E-state index contributed by atoms with van der Waals surface area (Å²) in [4.78, 5) is 11.9. The summed E-state index contributed by atoms with van der Waals surface area (Å²) in [7, 11) is -4.38. The van der Waals surface area contributed by atoms with Gasteiger partial charge in [0, 0.05) is 11.4 Å². The van der Waals surface area contributed by atoms with E-state index in [0.29, 0.717) is 24.9 Å². The Labute approximate surface area is 171 Å². The van der Waals surface area contributed by atoms with Gasteiger partial charge in [0.05, 0.1) is 5.41 Å². The molecule has 160 valence electrons. The van der Waals surface area contributed by atoms with E-state index in [1.165, 1.54) is 12.1 Å². The number of benzene rings is 2. The van der Waals surface area contributed by atoms with Crippen molar-refractivity contribution >= 4 is 27.3 Å². The van der Waals surface area contributed by atoms with E-state index in [-0.39, 0.29) is 11.6 Å². The van der Waals surface area contributed by atoms with E-state index in [9.17, 15) is 26.4 Å². The quantitative estimate of drug-likeness (QED) is 0.725. The Morgan fingerprint density at radius 3 is 2.50 bits per heavy atom. The van der Waals surface area contributed by atoms with Crippen molar-refractivity contribution in [1.29, 1.82) is 0 Å². The van der Waals surface area contributed by atoms with E-state index in [1.54, 1.807) is 12.1 Å². The SMILES string of the molecule is CCc1cc(NS(=O)(=O)c2ccccc2OC(F)(F)F)cc2c1NC(=O)C21CCC1. The number of alkyl halides is 3. The predicted octanol–water partition coefficient (Wildman–Crippen LogP) is 4.32. The lowest BCUT2D eigenvalue weighted by atomic mass is 9.65. The molecule has 2 aromatic rings. The smallest absolute Gasteiger partial charge is 0.404 e. The number of nitrogens with one attached hydrogen (secondary N) is 2. The van der Waals surface area contributed by atoms with Crippen molar-refractivity contribution in [2.75, 3.05) is 10.0 Å². The van der Waals surface area contributed by atoms with E-state index in [4.69, 9.17) is 0 Å². The zero-order valence-corrected chi connectivity index (χ0v) is 16.8. The summed E-state index contributed by atoms with van der Waals surface area (Å²) in [6, 6.07) is 7.72. The van der Waals surface area contributed by atoms with Crippen LogP contribution in [0.3, 0.4) is 0 Å². The summed E-state index contributed by atoms with van der Waals surface area (Å²) in [6.07, 6.45) is -2.24. The molecule has 10 heteroatoms. The Morgan fingerprint density at radius 2 is 1.90 bits per heavy atom. The lowest BCUT2D eigenvalue weighted by Crippen LogP contribution is -2.40. The molecular formula is C20H19F3N2O4S. The molecule has 1 fully saturated rings. The van der Waals surface area contributed by atoms with Crippen LogP contribution in [0.2, 0.25) is 0 Å². The minimum absolute atomic E-state index is 0.0950. The molecule has 2 aliphatic rings. The molecule has 0 saturated heterocycles. The van der Waals surface area contributed by atoms with Crippen molar-refractivity contribution in [1.82, 2.24) is 0 Å². The highest BCUT2D eigenvalue weighted by atomic mass is 32.2. The van der Waals surface area contributed by atoms with Crippen LogP contribution < -0.4 is 14.8 Å². The second kappa shape index (κ2) is 6.90. The highest BCUT2D eigenvalue weighted by molar-refractivity contribution is 7.92. The van der Waals surface area contributed by atoms with Gasteiger partial charge in [-0.05, 0) is 54.7 Å². The molecule has 0 atom stereocenters. The van der Waals surface area contributed by atoms with Gasteiger partial charge in [-0.1, -0.05) is 25.5 Å². The number of carbonyl (C=O) groups excluding carboxylic acids is 1. The maximum atomic E-state index is 12.9. The highest BCUT2D eigenvalue weighted by Crippen LogP contribution is 2.53. The van der Waals surface area contributed by atoms with E-state index >= 15 is 0 Å². The zero-order chi connectivity index (χ0) is 21.7. The normalized spacial score (nSPS) is 17.3. The van der Waals surface area contributed by atoms with Crippen LogP contribution in [0.4, 0.5) is 24.5 Å². The van der Waals surface area contributed by atoms with Crippen LogP contribution in [0.15, 0.2) is 41.3 Å². The number of rotatable bonds is 5. The number of sulfonamides is 1. The van der Waals surface area contributed by atoms with Gasteiger partial charge in [0.25, 0.3) is 10.0 Å². The summed E-state index contributed by atoms with van der Waals surface area (Å²) in [5, 5.41) is 2.91. The monoisotopic (exact) mass is 440 g/mol. The lowest BCUT2D eigenvalue weighted by Gasteiger charge is -2.36. The minimum atomic E-state index is -5.03. The number of ether oxygens (including phenoxy) is 1. The van der Waals surface area contributed by atoms with E-state index < -0.39 is 32.4 Å². The van der Waals surface area contributed by atoms with Crippen LogP contribution in [-0.4, -0.2) is 20.7 Å². The minimum Gasteiger partial charge on any atom is -0.404 e. The van der Waals surface area contributed by atoms with Crippen molar-refractivity contribution < 1.29 is 31.1 Å². The van der Waals surface area contributed by atoms with E-state index in [1.807, 2.05) is 6.92 Å². The number of halogens is 3. The highest BCUT2D eigenvalue weighted by Gasteiger charge is 2.51. The largest absolute Gasteiger partial charge is 0.573 e. The van der Waals surface area contributed by atoms with Crippen LogP contribution >= 0.6 is 0 Å². The molecule has 1 amide bonds. The Morgan fingerprint density at radius 1 is 1.20 bits per heavy atom.